The van der Waals surface area contributed by atoms with Crippen molar-refractivity contribution in [3.8, 4) is 0 Å². The van der Waals surface area contributed by atoms with Gasteiger partial charge in [-0.2, -0.15) is 4.37 Å². The number of aryl methyl sites for hydroxylation is 1. The molecule has 3 heterocycles. The number of amides is 1. The van der Waals surface area contributed by atoms with Gasteiger partial charge in [-0.15, -0.1) is 10.2 Å². The molecule has 23 heavy (non-hydrogen) atoms. The molecule has 0 fully saturated rings. The van der Waals surface area contributed by atoms with Crippen LogP contribution in [0.1, 0.15) is 26.8 Å². The summed E-state index contributed by atoms with van der Waals surface area (Å²) in [7, 11) is 1.76. The summed E-state index contributed by atoms with van der Waals surface area (Å²) in [6, 6.07) is 3.65. The lowest BCUT2D eigenvalue weighted by Crippen LogP contribution is -2.13. The molecule has 118 valence electrons. The first-order valence-corrected chi connectivity index (χ1v) is 8.27. The Labute approximate surface area is 140 Å². The van der Waals surface area contributed by atoms with Crippen molar-refractivity contribution in [2.24, 2.45) is 0 Å². The van der Waals surface area contributed by atoms with Crippen LogP contribution in [0.2, 0.25) is 0 Å². The van der Waals surface area contributed by atoms with Gasteiger partial charge in [-0.25, -0.2) is 0 Å². The highest BCUT2D eigenvalue weighted by atomic mass is 32.1. The lowest BCUT2D eigenvalue weighted by atomic mass is 10.2. The zero-order valence-corrected chi connectivity index (χ0v) is 14.0. The summed E-state index contributed by atoms with van der Waals surface area (Å²) in [5, 5.41) is 15.5. The highest BCUT2D eigenvalue weighted by molar-refractivity contribution is 7.16. The average molecular weight is 347 g/mol. The molecule has 3 aromatic rings. The number of aromatic nitrogens is 3. The predicted octanol–water partition coefficient (Wildman–Crippen LogP) is 3.36. The maximum Gasteiger partial charge on any atom is 0.262 e. The number of hydrogen-bond acceptors (Lipinski definition) is 8. The average Bonchev–Trinajstić information content (AvgIpc) is 3.25. The minimum absolute atomic E-state index is 0.252. The molecule has 1 amide bonds. The summed E-state index contributed by atoms with van der Waals surface area (Å²) in [4.78, 5) is 12.4. The molecule has 0 radical (unpaired) electrons. The third kappa shape index (κ3) is 3.46. The van der Waals surface area contributed by atoms with E-state index < -0.39 is 0 Å². The van der Waals surface area contributed by atoms with E-state index in [1.54, 1.807) is 32.4 Å². The van der Waals surface area contributed by atoms with E-state index >= 15 is 0 Å². The SMILES string of the molecule is CNc1snc(C)c1C(=O)Nc1nnc(/C=C/c2ccco2)s1. The third-order valence-corrected chi connectivity index (χ3v) is 4.67. The molecule has 0 bridgehead atoms. The Morgan fingerprint density at radius 1 is 1.35 bits per heavy atom. The van der Waals surface area contributed by atoms with E-state index in [0.29, 0.717) is 21.4 Å². The van der Waals surface area contributed by atoms with Gasteiger partial charge < -0.3 is 9.73 Å². The molecule has 3 aromatic heterocycles. The molecule has 0 aromatic carbocycles. The van der Waals surface area contributed by atoms with Crippen molar-refractivity contribution >= 4 is 51.1 Å². The molecule has 0 unspecified atom stereocenters. The van der Waals surface area contributed by atoms with E-state index in [-0.39, 0.29) is 5.91 Å². The van der Waals surface area contributed by atoms with Gasteiger partial charge in [0.05, 0.1) is 17.5 Å². The molecule has 0 saturated carbocycles. The van der Waals surface area contributed by atoms with Gasteiger partial charge in [0.2, 0.25) is 5.13 Å². The summed E-state index contributed by atoms with van der Waals surface area (Å²) in [5.74, 6) is 0.475. The van der Waals surface area contributed by atoms with Crippen molar-refractivity contribution in [1.29, 1.82) is 0 Å². The predicted molar refractivity (Wildman–Crippen MR) is 91.9 cm³/mol. The van der Waals surface area contributed by atoms with Crippen molar-refractivity contribution in [3.05, 3.63) is 40.4 Å². The zero-order valence-electron chi connectivity index (χ0n) is 12.4. The second-order valence-electron chi connectivity index (χ2n) is 4.47. The van der Waals surface area contributed by atoms with E-state index in [4.69, 9.17) is 4.42 Å². The van der Waals surface area contributed by atoms with Gasteiger partial charge in [-0.05, 0) is 42.7 Å². The highest BCUT2D eigenvalue weighted by Crippen LogP contribution is 2.26. The number of carbonyl (C=O) groups is 1. The van der Waals surface area contributed by atoms with Gasteiger partial charge in [0.15, 0.2) is 0 Å². The number of nitrogens with zero attached hydrogens (tertiary/aromatic N) is 3. The zero-order chi connectivity index (χ0) is 16.2. The van der Waals surface area contributed by atoms with Crippen LogP contribution in [0.3, 0.4) is 0 Å². The second-order valence-corrected chi connectivity index (χ2v) is 6.25. The number of furan rings is 1. The maximum absolute atomic E-state index is 12.4. The Bertz CT molecular complexity index is 835. The highest BCUT2D eigenvalue weighted by Gasteiger charge is 2.19. The number of carbonyl (C=O) groups excluding carboxylic acids is 1. The largest absolute Gasteiger partial charge is 0.465 e. The Balaban J connectivity index is 1.71. The first-order valence-electron chi connectivity index (χ1n) is 6.68. The van der Waals surface area contributed by atoms with Crippen LogP contribution in [0.15, 0.2) is 22.8 Å². The molecule has 2 N–H and O–H groups in total. The lowest BCUT2D eigenvalue weighted by Gasteiger charge is -2.02. The topological polar surface area (TPSA) is 92.9 Å². The van der Waals surface area contributed by atoms with Gasteiger partial charge in [-0.1, -0.05) is 11.3 Å². The fourth-order valence-corrected chi connectivity index (χ4v) is 3.24. The summed E-state index contributed by atoms with van der Waals surface area (Å²) in [5.41, 5.74) is 1.21. The van der Waals surface area contributed by atoms with Crippen molar-refractivity contribution in [2.75, 3.05) is 17.7 Å². The number of rotatable bonds is 5. The molecule has 0 aliphatic heterocycles. The van der Waals surface area contributed by atoms with Crippen LogP contribution in [0.5, 0.6) is 0 Å². The summed E-state index contributed by atoms with van der Waals surface area (Å²) < 4.78 is 9.38. The molecular formula is C14H13N5O2S2. The van der Waals surface area contributed by atoms with Gasteiger partial charge in [0.25, 0.3) is 5.91 Å². The fraction of sp³-hybridized carbons (Fsp3) is 0.143. The first kappa shape index (κ1) is 15.4. The van der Waals surface area contributed by atoms with Gasteiger partial charge in [0, 0.05) is 7.05 Å². The quantitative estimate of drug-likeness (QED) is 0.735. The first-order chi connectivity index (χ1) is 11.2. The molecule has 3 rings (SSSR count). The van der Waals surface area contributed by atoms with E-state index in [2.05, 4.69) is 25.2 Å². The van der Waals surface area contributed by atoms with E-state index in [1.165, 1.54) is 22.9 Å². The molecule has 0 aliphatic carbocycles. The lowest BCUT2D eigenvalue weighted by molar-refractivity contribution is 0.102. The van der Waals surface area contributed by atoms with Gasteiger partial charge >= 0.3 is 0 Å². The van der Waals surface area contributed by atoms with Gasteiger partial charge in [0.1, 0.15) is 15.8 Å². The third-order valence-electron chi connectivity index (χ3n) is 2.91. The van der Waals surface area contributed by atoms with Crippen LogP contribution in [0.4, 0.5) is 10.1 Å². The molecule has 7 nitrogen and oxygen atoms in total. The van der Waals surface area contributed by atoms with Crippen LogP contribution in [-0.4, -0.2) is 27.5 Å². The molecule has 9 heteroatoms. The Hall–Kier alpha value is -2.52. The molecule has 0 aliphatic rings. The summed E-state index contributed by atoms with van der Waals surface area (Å²) in [6.45, 7) is 1.80. The van der Waals surface area contributed by atoms with E-state index in [9.17, 15) is 4.79 Å². The molecule has 0 atom stereocenters. The van der Waals surface area contributed by atoms with E-state index in [0.717, 1.165) is 10.8 Å². The van der Waals surface area contributed by atoms with E-state index in [1.807, 2.05) is 12.1 Å². The van der Waals surface area contributed by atoms with Crippen LogP contribution in [-0.2, 0) is 0 Å². The molecule has 0 saturated heterocycles. The maximum atomic E-state index is 12.4. The number of hydrogen-bond donors (Lipinski definition) is 2. The molecular weight excluding hydrogens is 334 g/mol. The second kappa shape index (κ2) is 6.71. The fourth-order valence-electron chi connectivity index (χ4n) is 1.86. The van der Waals surface area contributed by atoms with Crippen molar-refractivity contribution in [2.45, 2.75) is 6.92 Å². The Morgan fingerprint density at radius 2 is 2.22 bits per heavy atom. The van der Waals surface area contributed by atoms with Crippen molar-refractivity contribution in [3.63, 3.8) is 0 Å². The van der Waals surface area contributed by atoms with Crippen LogP contribution < -0.4 is 10.6 Å². The number of anilines is 2. The van der Waals surface area contributed by atoms with Gasteiger partial charge in [-0.3, -0.25) is 10.1 Å². The minimum atomic E-state index is -0.252. The number of nitrogens with one attached hydrogen (secondary N) is 2. The van der Waals surface area contributed by atoms with Crippen molar-refractivity contribution < 1.29 is 9.21 Å². The minimum Gasteiger partial charge on any atom is -0.465 e. The summed E-state index contributed by atoms with van der Waals surface area (Å²) >= 11 is 2.53. The van der Waals surface area contributed by atoms with Crippen LogP contribution in [0, 0.1) is 6.92 Å². The smallest absolute Gasteiger partial charge is 0.262 e. The van der Waals surface area contributed by atoms with Crippen LogP contribution >= 0.6 is 22.9 Å². The van der Waals surface area contributed by atoms with Crippen LogP contribution in [0.25, 0.3) is 12.2 Å². The Kier molecular flexibility index (Phi) is 4.49. The van der Waals surface area contributed by atoms with Crippen molar-refractivity contribution in [1.82, 2.24) is 14.6 Å². The standard InChI is InChI=1S/C14H13N5O2S2/c1-8-11(13(15-2)23-19-8)12(20)16-14-18-17-10(22-14)6-5-9-4-3-7-21-9/h3-7,15H,1-2H3,(H,16,18,20)/b6-5+. The Morgan fingerprint density at radius 3 is 2.96 bits per heavy atom. The molecule has 0 spiro atoms. The normalized spacial score (nSPS) is 11.0. The monoisotopic (exact) mass is 347 g/mol. The summed E-state index contributed by atoms with van der Waals surface area (Å²) in [6.07, 6.45) is 5.17.